The molecule has 3 rings (SSSR count). The van der Waals surface area contributed by atoms with Crippen molar-refractivity contribution in [3.8, 4) is 5.88 Å². The summed E-state index contributed by atoms with van der Waals surface area (Å²) in [6.07, 6.45) is 1.67. The summed E-state index contributed by atoms with van der Waals surface area (Å²) in [7, 11) is 3.38. The first-order valence-corrected chi connectivity index (χ1v) is 7.25. The molecule has 114 valence electrons. The number of hydrogen-bond donors (Lipinski definition) is 1. The van der Waals surface area contributed by atoms with Crippen LogP contribution in [0, 0.1) is 0 Å². The van der Waals surface area contributed by atoms with E-state index < -0.39 is 0 Å². The van der Waals surface area contributed by atoms with Gasteiger partial charge in [0.05, 0.1) is 23.4 Å². The molecule has 0 aliphatic heterocycles. The van der Waals surface area contributed by atoms with Gasteiger partial charge in [0.1, 0.15) is 11.0 Å². The topological polar surface area (TPSA) is 64.9 Å². The lowest BCUT2D eigenvalue weighted by atomic mass is 10.2. The van der Waals surface area contributed by atoms with Gasteiger partial charge in [-0.1, -0.05) is 29.3 Å². The van der Waals surface area contributed by atoms with Crippen molar-refractivity contribution in [2.75, 3.05) is 12.4 Å². The first-order valence-electron chi connectivity index (χ1n) is 6.50. The van der Waals surface area contributed by atoms with E-state index in [1.807, 2.05) is 13.1 Å². The van der Waals surface area contributed by atoms with E-state index in [0.717, 1.165) is 11.1 Å². The fourth-order valence-corrected chi connectivity index (χ4v) is 2.42. The van der Waals surface area contributed by atoms with Crippen LogP contribution in [0.25, 0.3) is 11.0 Å². The number of methoxy groups -OCH3 is 1. The van der Waals surface area contributed by atoms with Crippen LogP contribution in [0.4, 0.5) is 5.95 Å². The minimum absolute atomic E-state index is 0.462. The Hall–Kier alpha value is -2.05. The molecule has 0 radical (unpaired) electrons. The zero-order chi connectivity index (χ0) is 15.7. The average Bonchev–Trinajstić information content (AvgIpc) is 2.89. The Bertz CT molecular complexity index is 833. The largest absolute Gasteiger partial charge is 0.479 e. The van der Waals surface area contributed by atoms with Crippen LogP contribution in [0.3, 0.4) is 0 Å². The zero-order valence-corrected chi connectivity index (χ0v) is 13.5. The highest BCUT2D eigenvalue weighted by Gasteiger charge is 2.12. The lowest BCUT2D eigenvalue weighted by molar-refractivity contribution is 0.400. The van der Waals surface area contributed by atoms with Crippen LogP contribution in [0.2, 0.25) is 10.0 Å². The molecule has 8 heteroatoms. The molecule has 0 fully saturated rings. The maximum atomic E-state index is 6.00. The van der Waals surface area contributed by atoms with Gasteiger partial charge in [0, 0.05) is 13.6 Å². The van der Waals surface area contributed by atoms with Gasteiger partial charge in [-0.3, -0.25) is 4.68 Å². The standard InChI is InChI=1S/C14H13Cl2N5O/c1-21-12-11(7-18-21)19-14(20-13(12)22-2)17-6-8-3-4-9(15)10(16)5-8/h3-5,7H,6H2,1-2H3,(H,17,19,20). The first kappa shape index (κ1) is 14.9. The van der Waals surface area contributed by atoms with Crippen molar-refractivity contribution in [2.45, 2.75) is 6.54 Å². The van der Waals surface area contributed by atoms with Crippen LogP contribution < -0.4 is 10.1 Å². The molecule has 0 atom stereocenters. The second kappa shape index (κ2) is 5.98. The molecular formula is C14H13Cl2N5O. The maximum absolute atomic E-state index is 6.00. The van der Waals surface area contributed by atoms with Crippen molar-refractivity contribution in [3.05, 3.63) is 40.0 Å². The molecule has 0 bridgehead atoms. The SMILES string of the molecule is COc1nc(NCc2ccc(Cl)c(Cl)c2)nc2cnn(C)c12. The van der Waals surface area contributed by atoms with Gasteiger partial charge in [0.25, 0.3) is 0 Å². The summed E-state index contributed by atoms with van der Waals surface area (Å²) in [6, 6.07) is 5.45. The molecule has 6 nitrogen and oxygen atoms in total. The quantitative estimate of drug-likeness (QED) is 0.791. The van der Waals surface area contributed by atoms with Gasteiger partial charge in [0.2, 0.25) is 11.8 Å². The normalized spacial score (nSPS) is 10.9. The molecule has 0 saturated heterocycles. The Labute approximate surface area is 137 Å². The smallest absolute Gasteiger partial charge is 0.244 e. The van der Waals surface area contributed by atoms with Crippen molar-refractivity contribution in [1.29, 1.82) is 0 Å². The van der Waals surface area contributed by atoms with E-state index in [4.69, 9.17) is 27.9 Å². The van der Waals surface area contributed by atoms with Gasteiger partial charge >= 0.3 is 0 Å². The molecule has 3 aromatic rings. The Balaban J connectivity index is 1.86. The molecule has 2 heterocycles. The molecule has 2 aromatic heterocycles. The number of anilines is 1. The average molecular weight is 338 g/mol. The maximum Gasteiger partial charge on any atom is 0.244 e. The van der Waals surface area contributed by atoms with Gasteiger partial charge in [-0.2, -0.15) is 10.1 Å². The Morgan fingerprint density at radius 1 is 1.23 bits per heavy atom. The molecule has 0 unspecified atom stereocenters. The minimum atomic E-state index is 0.462. The number of ether oxygens (including phenoxy) is 1. The molecule has 1 N–H and O–H groups in total. The third-order valence-corrected chi connectivity index (χ3v) is 3.92. The molecular weight excluding hydrogens is 325 g/mol. The van der Waals surface area contributed by atoms with Gasteiger partial charge in [-0.05, 0) is 17.7 Å². The molecule has 0 amide bonds. The minimum Gasteiger partial charge on any atom is -0.479 e. The van der Waals surface area contributed by atoms with E-state index in [-0.39, 0.29) is 0 Å². The van der Waals surface area contributed by atoms with Crippen molar-refractivity contribution >= 4 is 40.2 Å². The summed E-state index contributed by atoms with van der Waals surface area (Å²) in [5.41, 5.74) is 2.44. The van der Waals surface area contributed by atoms with Gasteiger partial charge in [-0.25, -0.2) is 4.98 Å². The zero-order valence-electron chi connectivity index (χ0n) is 12.0. The number of rotatable bonds is 4. The van der Waals surface area contributed by atoms with Gasteiger partial charge in [0.15, 0.2) is 0 Å². The fourth-order valence-electron chi connectivity index (χ4n) is 2.10. The van der Waals surface area contributed by atoms with E-state index in [2.05, 4.69) is 20.4 Å². The third-order valence-electron chi connectivity index (χ3n) is 3.18. The summed E-state index contributed by atoms with van der Waals surface area (Å²) < 4.78 is 6.98. The van der Waals surface area contributed by atoms with Crippen LogP contribution in [0.1, 0.15) is 5.56 Å². The van der Waals surface area contributed by atoms with Crippen LogP contribution >= 0.6 is 23.2 Å². The lowest BCUT2D eigenvalue weighted by Gasteiger charge is -2.08. The molecule has 1 aromatic carbocycles. The van der Waals surface area contributed by atoms with E-state index >= 15 is 0 Å². The van der Waals surface area contributed by atoms with Crippen LogP contribution in [-0.4, -0.2) is 26.9 Å². The number of fused-ring (bicyclic) bond motifs is 1. The lowest BCUT2D eigenvalue weighted by Crippen LogP contribution is -2.05. The third kappa shape index (κ3) is 2.80. The number of halogens is 2. The van der Waals surface area contributed by atoms with E-state index in [9.17, 15) is 0 Å². The monoisotopic (exact) mass is 337 g/mol. The van der Waals surface area contributed by atoms with Gasteiger partial charge < -0.3 is 10.1 Å². The fraction of sp³-hybridized carbons (Fsp3) is 0.214. The highest BCUT2D eigenvalue weighted by molar-refractivity contribution is 6.42. The molecule has 22 heavy (non-hydrogen) atoms. The van der Waals surface area contributed by atoms with E-state index in [1.165, 1.54) is 0 Å². The Morgan fingerprint density at radius 2 is 2.05 bits per heavy atom. The highest BCUT2D eigenvalue weighted by atomic mass is 35.5. The predicted molar refractivity (Wildman–Crippen MR) is 86.6 cm³/mol. The summed E-state index contributed by atoms with van der Waals surface area (Å²) in [6.45, 7) is 0.520. The van der Waals surface area contributed by atoms with Crippen LogP contribution in [-0.2, 0) is 13.6 Å². The molecule has 0 saturated carbocycles. The summed E-state index contributed by atoms with van der Waals surface area (Å²) in [5, 5.41) is 8.35. The summed E-state index contributed by atoms with van der Waals surface area (Å²) in [5.74, 6) is 0.935. The van der Waals surface area contributed by atoms with Crippen molar-refractivity contribution in [1.82, 2.24) is 19.7 Å². The first-order chi connectivity index (χ1) is 10.6. The van der Waals surface area contributed by atoms with Gasteiger partial charge in [-0.15, -0.1) is 0 Å². The van der Waals surface area contributed by atoms with Crippen molar-refractivity contribution in [2.24, 2.45) is 7.05 Å². The Kier molecular flexibility index (Phi) is 4.04. The van der Waals surface area contributed by atoms with Crippen LogP contribution in [0.5, 0.6) is 5.88 Å². The van der Waals surface area contributed by atoms with Crippen molar-refractivity contribution < 1.29 is 4.74 Å². The van der Waals surface area contributed by atoms with Crippen LogP contribution in [0.15, 0.2) is 24.4 Å². The Morgan fingerprint density at radius 3 is 2.77 bits per heavy atom. The molecule has 0 spiro atoms. The van der Waals surface area contributed by atoms with E-state index in [0.29, 0.717) is 33.9 Å². The number of nitrogens with one attached hydrogen (secondary N) is 1. The number of aromatic nitrogens is 4. The predicted octanol–water partition coefficient (Wildman–Crippen LogP) is 3.29. The highest BCUT2D eigenvalue weighted by Crippen LogP contribution is 2.24. The second-order valence-corrected chi connectivity index (χ2v) is 5.47. The number of hydrogen-bond acceptors (Lipinski definition) is 5. The number of benzene rings is 1. The molecule has 0 aliphatic carbocycles. The van der Waals surface area contributed by atoms with Crippen molar-refractivity contribution in [3.63, 3.8) is 0 Å². The van der Waals surface area contributed by atoms with E-state index in [1.54, 1.807) is 30.1 Å². The second-order valence-electron chi connectivity index (χ2n) is 4.66. The summed E-state index contributed by atoms with van der Waals surface area (Å²) >= 11 is 11.9. The number of aryl methyl sites for hydroxylation is 1. The molecule has 0 aliphatic rings. The number of nitrogens with zero attached hydrogens (tertiary/aromatic N) is 4. The summed E-state index contributed by atoms with van der Waals surface area (Å²) in [4.78, 5) is 8.76.